The van der Waals surface area contributed by atoms with Crippen LogP contribution >= 0.6 is 0 Å². The van der Waals surface area contributed by atoms with Gasteiger partial charge in [-0.05, 0) is 42.5 Å². The number of amides is 2. The Labute approximate surface area is 166 Å². The van der Waals surface area contributed by atoms with Crippen molar-refractivity contribution in [1.29, 1.82) is 0 Å². The van der Waals surface area contributed by atoms with Crippen LogP contribution in [-0.2, 0) is 4.79 Å². The van der Waals surface area contributed by atoms with Crippen molar-refractivity contribution >= 4 is 11.8 Å². The Bertz CT molecular complexity index is 793. The zero-order valence-corrected chi connectivity index (χ0v) is 17.2. The van der Waals surface area contributed by atoms with Crippen LogP contribution in [0.1, 0.15) is 42.4 Å². The van der Waals surface area contributed by atoms with Crippen molar-refractivity contribution in [2.45, 2.75) is 40.7 Å². The molecule has 0 saturated carbocycles. The van der Waals surface area contributed by atoms with Crippen LogP contribution in [0.25, 0.3) is 0 Å². The van der Waals surface area contributed by atoms with Crippen molar-refractivity contribution < 1.29 is 14.3 Å². The Hall–Kier alpha value is -2.89. The molecule has 1 heterocycles. The number of carbonyl (C=O) groups is 2. The summed E-state index contributed by atoms with van der Waals surface area (Å²) in [7, 11) is 0. The van der Waals surface area contributed by atoms with E-state index in [1.807, 2.05) is 52.8 Å². The fraction of sp³-hybridized carbons (Fsp3) is 0.409. The van der Waals surface area contributed by atoms with Crippen molar-refractivity contribution in [3.05, 3.63) is 59.4 Å². The molecule has 0 aliphatic carbocycles. The number of pyridine rings is 1. The molecule has 0 saturated heterocycles. The minimum absolute atomic E-state index is 0.120. The molecule has 0 unspecified atom stereocenters. The van der Waals surface area contributed by atoms with Crippen LogP contribution in [0.5, 0.6) is 5.75 Å². The molecule has 0 aliphatic rings. The van der Waals surface area contributed by atoms with E-state index in [1.54, 1.807) is 18.2 Å². The maximum atomic E-state index is 12.4. The summed E-state index contributed by atoms with van der Waals surface area (Å²) >= 11 is 0. The van der Waals surface area contributed by atoms with Crippen LogP contribution in [0.3, 0.4) is 0 Å². The van der Waals surface area contributed by atoms with E-state index in [9.17, 15) is 9.59 Å². The van der Waals surface area contributed by atoms with E-state index in [0.717, 1.165) is 16.9 Å². The maximum Gasteiger partial charge on any atom is 0.270 e. The fourth-order valence-corrected chi connectivity index (χ4v) is 2.70. The first-order chi connectivity index (χ1) is 13.2. The number of rotatable bonds is 7. The molecule has 2 N–H and O–H groups in total. The van der Waals surface area contributed by atoms with E-state index in [4.69, 9.17) is 4.74 Å². The zero-order valence-electron chi connectivity index (χ0n) is 17.2. The van der Waals surface area contributed by atoms with Gasteiger partial charge < -0.3 is 15.4 Å². The lowest BCUT2D eigenvalue weighted by Gasteiger charge is -2.31. The van der Waals surface area contributed by atoms with Crippen molar-refractivity contribution in [3.8, 4) is 5.75 Å². The van der Waals surface area contributed by atoms with Gasteiger partial charge in [-0.15, -0.1) is 0 Å². The van der Waals surface area contributed by atoms with Gasteiger partial charge >= 0.3 is 0 Å². The largest absolute Gasteiger partial charge is 0.491 e. The lowest BCUT2D eigenvalue weighted by atomic mass is 9.87. The summed E-state index contributed by atoms with van der Waals surface area (Å²) in [5, 5.41) is 5.57. The molecule has 0 radical (unpaired) electrons. The summed E-state index contributed by atoms with van der Waals surface area (Å²) in [5.74, 6) is 0.193. The Balaban J connectivity index is 1.94. The number of nitrogens with one attached hydrogen (secondary N) is 2. The van der Waals surface area contributed by atoms with Gasteiger partial charge in [0, 0.05) is 6.20 Å². The Morgan fingerprint density at radius 1 is 1.07 bits per heavy atom. The van der Waals surface area contributed by atoms with Gasteiger partial charge in [0.1, 0.15) is 18.1 Å². The van der Waals surface area contributed by atoms with Crippen LogP contribution in [0.2, 0.25) is 0 Å². The molecular weight excluding hydrogens is 354 g/mol. The van der Waals surface area contributed by atoms with E-state index >= 15 is 0 Å². The quantitative estimate of drug-likeness (QED) is 0.770. The Kier molecular flexibility index (Phi) is 7.15. The van der Waals surface area contributed by atoms with E-state index in [1.165, 1.54) is 6.20 Å². The van der Waals surface area contributed by atoms with Gasteiger partial charge in [-0.25, -0.2) is 0 Å². The molecule has 6 heteroatoms. The highest BCUT2D eigenvalue weighted by Crippen LogP contribution is 2.25. The number of aryl methyl sites for hydroxylation is 2. The third-order valence-corrected chi connectivity index (χ3v) is 4.49. The molecule has 2 amide bonds. The van der Waals surface area contributed by atoms with Gasteiger partial charge in [-0.2, -0.15) is 0 Å². The van der Waals surface area contributed by atoms with Crippen LogP contribution in [-0.4, -0.2) is 36.0 Å². The number of hydrogen-bond donors (Lipinski definition) is 2. The molecule has 0 aliphatic heterocycles. The molecule has 28 heavy (non-hydrogen) atoms. The van der Waals surface area contributed by atoms with Gasteiger partial charge in [0.05, 0.1) is 12.6 Å². The monoisotopic (exact) mass is 383 g/mol. The molecule has 6 nitrogen and oxygen atoms in total. The second kappa shape index (κ2) is 9.35. The highest BCUT2D eigenvalue weighted by atomic mass is 16.5. The summed E-state index contributed by atoms with van der Waals surface area (Å²) < 4.78 is 6.04. The minimum atomic E-state index is -0.380. The second-order valence-corrected chi connectivity index (χ2v) is 7.92. The Morgan fingerprint density at radius 2 is 1.75 bits per heavy atom. The summed E-state index contributed by atoms with van der Waals surface area (Å²) in [6, 6.07) is 10.8. The molecule has 0 fully saturated rings. The van der Waals surface area contributed by atoms with Gasteiger partial charge in [0.25, 0.3) is 5.91 Å². The zero-order chi connectivity index (χ0) is 20.7. The van der Waals surface area contributed by atoms with Gasteiger partial charge in [-0.1, -0.05) is 45.0 Å². The number of benzene rings is 1. The number of ether oxygens (including phenoxy) is 1. The lowest BCUT2D eigenvalue weighted by molar-refractivity contribution is -0.121. The third kappa shape index (κ3) is 6.08. The van der Waals surface area contributed by atoms with Crippen molar-refractivity contribution in [1.82, 2.24) is 15.6 Å². The van der Waals surface area contributed by atoms with Crippen LogP contribution in [0.4, 0.5) is 0 Å². The average molecular weight is 383 g/mol. The lowest BCUT2D eigenvalue weighted by Crippen LogP contribution is -2.50. The van der Waals surface area contributed by atoms with Crippen LogP contribution in [0.15, 0.2) is 42.6 Å². The smallest absolute Gasteiger partial charge is 0.270 e. The highest BCUT2D eigenvalue weighted by Gasteiger charge is 2.27. The predicted molar refractivity (Wildman–Crippen MR) is 109 cm³/mol. The number of aromatic nitrogens is 1. The van der Waals surface area contributed by atoms with Gasteiger partial charge in [-0.3, -0.25) is 14.6 Å². The van der Waals surface area contributed by atoms with Crippen molar-refractivity contribution in [2.24, 2.45) is 5.41 Å². The Morgan fingerprint density at radius 3 is 2.32 bits per heavy atom. The standard InChI is InChI=1S/C22H29N3O3/c1-15-9-8-10-16(2)20(15)28-14-18(22(3,4)5)25-19(26)13-24-21(27)17-11-6-7-12-23-17/h6-12,18H,13-14H2,1-5H3,(H,24,27)(H,25,26)/t18-/m0/s1. The summed E-state index contributed by atoms with van der Waals surface area (Å²) in [4.78, 5) is 28.4. The normalized spacial score (nSPS) is 12.2. The molecule has 1 atom stereocenters. The first-order valence-corrected chi connectivity index (χ1v) is 9.36. The van der Waals surface area contributed by atoms with E-state index < -0.39 is 0 Å². The first kappa shape index (κ1) is 21.4. The maximum absolute atomic E-state index is 12.4. The molecule has 150 valence electrons. The first-order valence-electron chi connectivity index (χ1n) is 9.36. The summed E-state index contributed by atoms with van der Waals surface area (Å²) in [6.07, 6.45) is 1.54. The molecule has 0 spiro atoms. The van der Waals surface area contributed by atoms with Crippen LogP contribution in [0, 0.1) is 19.3 Å². The minimum Gasteiger partial charge on any atom is -0.491 e. The summed E-state index contributed by atoms with van der Waals surface area (Å²) in [6.45, 7) is 10.3. The molecule has 2 aromatic rings. The predicted octanol–water partition coefficient (Wildman–Crippen LogP) is 3.04. The number of para-hydroxylation sites is 1. The number of hydrogen-bond acceptors (Lipinski definition) is 4. The van der Waals surface area contributed by atoms with E-state index in [-0.39, 0.29) is 35.5 Å². The SMILES string of the molecule is Cc1cccc(C)c1OC[C@H](NC(=O)CNC(=O)c1ccccn1)C(C)(C)C. The molecule has 0 bridgehead atoms. The van der Waals surface area contributed by atoms with E-state index in [2.05, 4.69) is 15.6 Å². The third-order valence-electron chi connectivity index (χ3n) is 4.49. The van der Waals surface area contributed by atoms with Crippen molar-refractivity contribution in [3.63, 3.8) is 0 Å². The summed E-state index contributed by atoms with van der Waals surface area (Å²) in [5.41, 5.74) is 2.18. The molecule has 1 aromatic heterocycles. The average Bonchev–Trinajstić information content (AvgIpc) is 2.64. The topological polar surface area (TPSA) is 80.3 Å². The van der Waals surface area contributed by atoms with Crippen molar-refractivity contribution in [2.75, 3.05) is 13.2 Å². The fourth-order valence-electron chi connectivity index (χ4n) is 2.70. The molecule has 1 aromatic carbocycles. The van der Waals surface area contributed by atoms with Gasteiger partial charge in [0.2, 0.25) is 5.91 Å². The molecular formula is C22H29N3O3. The molecule has 2 rings (SSSR count). The van der Waals surface area contributed by atoms with Crippen LogP contribution < -0.4 is 15.4 Å². The highest BCUT2D eigenvalue weighted by molar-refractivity contribution is 5.94. The van der Waals surface area contributed by atoms with Gasteiger partial charge in [0.15, 0.2) is 0 Å². The number of nitrogens with zero attached hydrogens (tertiary/aromatic N) is 1. The second-order valence-electron chi connectivity index (χ2n) is 7.92. The number of carbonyl (C=O) groups excluding carboxylic acids is 2. The van der Waals surface area contributed by atoms with E-state index in [0.29, 0.717) is 6.61 Å².